The Hall–Kier alpha value is -0.330. The lowest BCUT2D eigenvalue weighted by Gasteiger charge is -2.45. The first kappa shape index (κ1) is 20.0. The van der Waals surface area contributed by atoms with Crippen LogP contribution in [-0.2, 0) is 14.6 Å². The van der Waals surface area contributed by atoms with Gasteiger partial charge < -0.3 is 10.6 Å². The largest absolute Gasteiger partial charge is 0.338 e. The van der Waals surface area contributed by atoms with Crippen molar-refractivity contribution in [3.63, 3.8) is 0 Å². The minimum Gasteiger partial charge on any atom is -0.338 e. The van der Waals surface area contributed by atoms with Gasteiger partial charge in [0.15, 0.2) is 9.84 Å². The van der Waals surface area contributed by atoms with Gasteiger partial charge in [-0.1, -0.05) is 13.3 Å². The normalized spacial score (nSPS) is 37.5. The summed E-state index contributed by atoms with van der Waals surface area (Å²) in [7, 11) is -2.96. The third-order valence-electron chi connectivity index (χ3n) is 6.16. The van der Waals surface area contributed by atoms with E-state index in [0.29, 0.717) is 24.8 Å². The van der Waals surface area contributed by atoms with E-state index in [4.69, 9.17) is 5.73 Å². The van der Waals surface area contributed by atoms with E-state index in [1.807, 2.05) is 4.90 Å². The van der Waals surface area contributed by atoms with Crippen LogP contribution in [0.1, 0.15) is 51.9 Å². The van der Waals surface area contributed by atoms with E-state index in [-0.39, 0.29) is 47.8 Å². The van der Waals surface area contributed by atoms with Crippen LogP contribution in [0.3, 0.4) is 0 Å². The molecule has 3 fully saturated rings. The third kappa shape index (κ3) is 4.07. The van der Waals surface area contributed by atoms with Crippen molar-refractivity contribution in [2.24, 2.45) is 23.5 Å². The Morgan fingerprint density at radius 1 is 1.17 bits per heavy atom. The van der Waals surface area contributed by atoms with Gasteiger partial charge >= 0.3 is 0 Å². The maximum Gasteiger partial charge on any atom is 0.225 e. The zero-order chi connectivity index (χ0) is 16.6. The Balaban J connectivity index is 0.00000208. The summed E-state index contributed by atoms with van der Waals surface area (Å²) in [5, 5.41) is 0. The summed E-state index contributed by atoms with van der Waals surface area (Å²) in [6.07, 6.45) is 6.81. The summed E-state index contributed by atoms with van der Waals surface area (Å²) in [5.41, 5.74) is 6.33. The number of carbonyl (C=O) groups excluding carboxylic acids is 1. The van der Waals surface area contributed by atoms with Crippen molar-refractivity contribution < 1.29 is 13.2 Å². The van der Waals surface area contributed by atoms with E-state index in [1.165, 1.54) is 6.42 Å². The molecule has 2 saturated carbocycles. The van der Waals surface area contributed by atoms with Crippen molar-refractivity contribution in [1.29, 1.82) is 0 Å². The van der Waals surface area contributed by atoms with Gasteiger partial charge in [0.2, 0.25) is 5.91 Å². The Bertz CT molecular complexity index is 540. The molecule has 140 valence electrons. The molecule has 1 heterocycles. The predicted octanol–water partition coefficient (Wildman–Crippen LogP) is 1.99. The maximum absolute atomic E-state index is 13.1. The number of nitrogens with two attached hydrogens (primary N) is 1. The molecule has 1 saturated heterocycles. The molecule has 3 rings (SSSR count). The second-order valence-electron chi connectivity index (χ2n) is 7.79. The zero-order valence-corrected chi connectivity index (χ0v) is 16.2. The molecule has 1 aliphatic heterocycles. The summed E-state index contributed by atoms with van der Waals surface area (Å²) in [5.74, 6) is 1.58. The first-order chi connectivity index (χ1) is 10.9. The number of sulfone groups is 1. The summed E-state index contributed by atoms with van der Waals surface area (Å²) in [6, 6.07) is 0.155. The molecule has 2 N–H and O–H groups in total. The fourth-order valence-electron chi connectivity index (χ4n) is 4.96. The number of carbonyl (C=O) groups is 1. The van der Waals surface area contributed by atoms with Gasteiger partial charge in [0.05, 0.1) is 11.5 Å². The minimum atomic E-state index is -2.96. The van der Waals surface area contributed by atoms with Crippen LogP contribution in [0, 0.1) is 17.8 Å². The van der Waals surface area contributed by atoms with Crippen LogP contribution in [0.4, 0.5) is 0 Å². The zero-order valence-electron chi connectivity index (χ0n) is 14.5. The van der Waals surface area contributed by atoms with E-state index in [1.54, 1.807) is 0 Å². The molecule has 0 aromatic rings. The monoisotopic (exact) mass is 378 g/mol. The van der Waals surface area contributed by atoms with Gasteiger partial charge in [-0.05, 0) is 50.4 Å². The van der Waals surface area contributed by atoms with Crippen LogP contribution in [0.25, 0.3) is 0 Å². The summed E-state index contributed by atoms with van der Waals surface area (Å²) in [4.78, 5) is 15.0. The van der Waals surface area contributed by atoms with E-state index >= 15 is 0 Å². The Kier molecular flexibility index (Phi) is 6.59. The lowest BCUT2D eigenvalue weighted by molar-refractivity contribution is -0.140. The molecule has 0 aromatic heterocycles. The van der Waals surface area contributed by atoms with Gasteiger partial charge in [0.25, 0.3) is 0 Å². The SMILES string of the molecule is CCCN(C(=O)C1CC2CCCC(C1)C2N)C1CCS(=O)(=O)C1.Cl. The molecule has 2 bridgehead atoms. The maximum atomic E-state index is 13.1. The standard InChI is InChI=1S/C17H30N2O3S.ClH/c1-2-7-19(15-6-8-23(21,22)11-15)17(20)14-9-12-4-3-5-13(10-14)16(12)18;/h12-16H,2-11,18H2,1H3;1H. The van der Waals surface area contributed by atoms with Crippen molar-refractivity contribution in [2.75, 3.05) is 18.1 Å². The Labute approximate surface area is 152 Å². The number of rotatable bonds is 4. The number of hydrogen-bond donors (Lipinski definition) is 1. The Morgan fingerprint density at radius 2 is 1.79 bits per heavy atom. The summed E-state index contributed by atoms with van der Waals surface area (Å²) >= 11 is 0. The van der Waals surface area contributed by atoms with Crippen LogP contribution >= 0.6 is 12.4 Å². The molecule has 1 amide bonds. The van der Waals surface area contributed by atoms with E-state index in [2.05, 4.69) is 6.92 Å². The molecule has 24 heavy (non-hydrogen) atoms. The smallest absolute Gasteiger partial charge is 0.225 e. The first-order valence-corrected chi connectivity index (χ1v) is 11.0. The van der Waals surface area contributed by atoms with Crippen LogP contribution in [0.15, 0.2) is 0 Å². The highest BCUT2D eigenvalue weighted by atomic mass is 35.5. The molecular formula is C17H31ClN2O3S. The average molecular weight is 379 g/mol. The van der Waals surface area contributed by atoms with Gasteiger partial charge in [-0.3, -0.25) is 4.79 Å². The van der Waals surface area contributed by atoms with Gasteiger partial charge in [-0.2, -0.15) is 0 Å². The third-order valence-corrected chi connectivity index (χ3v) is 7.91. The minimum absolute atomic E-state index is 0. The van der Waals surface area contributed by atoms with Crippen molar-refractivity contribution >= 4 is 28.2 Å². The van der Waals surface area contributed by atoms with Crippen LogP contribution in [-0.4, -0.2) is 49.4 Å². The number of hydrogen-bond acceptors (Lipinski definition) is 4. The second kappa shape index (κ2) is 7.92. The molecule has 3 aliphatic rings. The van der Waals surface area contributed by atoms with Gasteiger partial charge in [0.1, 0.15) is 0 Å². The van der Waals surface area contributed by atoms with E-state index in [9.17, 15) is 13.2 Å². The van der Waals surface area contributed by atoms with Gasteiger partial charge in [0, 0.05) is 24.5 Å². The predicted molar refractivity (Wildman–Crippen MR) is 97.8 cm³/mol. The number of halogens is 1. The molecule has 2 aliphatic carbocycles. The van der Waals surface area contributed by atoms with E-state index < -0.39 is 9.84 Å². The summed E-state index contributed by atoms with van der Waals surface area (Å²) < 4.78 is 23.6. The number of nitrogens with zero attached hydrogens (tertiary/aromatic N) is 1. The average Bonchev–Trinajstić information content (AvgIpc) is 2.83. The molecule has 0 aromatic carbocycles. The lowest BCUT2D eigenvalue weighted by atomic mass is 9.65. The second-order valence-corrected chi connectivity index (χ2v) is 10.0. The first-order valence-electron chi connectivity index (χ1n) is 9.17. The highest BCUT2D eigenvalue weighted by Gasteiger charge is 2.43. The fraction of sp³-hybridized carbons (Fsp3) is 0.941. The Morgan fingerprint density at radius 3 is 2.29 bits per heavy atom. The molecule has 0 radical (unpaired) electrons. The highest BCUT2D eigenvalue weighted by molar-refractivity contribution is 7.91. The van der Waals surface area contributed by atoms with E-state index in [0.717, 1.165) is 32.1 Å². The number of fused-ring (bicyclic) bond motifs is 2. The topological polar surface area (TPSA) is 80.5 Å². The van der Waals surface area contributed by atoms with Crippen LogP contribution in [0.2, 0.25) is 0 Å². The summed E-state index contributed by atoms with van der Waals surface area (Å²) in [6.45, 7) is 2.73. The van der Waals surface area contributed by atoms with Gasteiger partial charge in [-0.15, -0.1) is 12.4 Å². The van der Waals surface area contributed by atoms with Crippen LogP contribution in [0.5, 0.6) is 0 Å². The van der Waals surface area contributed by atoms with Crippen molar-refractivity contribution in [3.05, 3.63) is 0 Å². The van der Waals surface area contributed by atoms with Crippen molar-refractivity contribution in [1.82, 2.24) is 4.90 Å². The fourth-order valence-corrected chi connectivity index (χ4v) is 6.69. The molecule has 5 nitrogen and oxygen atoms in total. The van der Waals surface area contributed by atoms with Crippen LogP contribution < -0.4 is 5.73 Å². The highest BCUT2D eigenvalue weighted by Crippen LogP contribution is 2.42. The molecule has 0 spiro atoms. The van der Waals surface area contributed by atoms with Gasteiger partial charge in [-0.25, -0.2) is 8.42 Å². The molecule has 3 unspecified atom stereocenters. The molecule has 7 heteroatoms. The van der Waals surface area contributed by atoms with Crippen molar-refractivity contribution in [2.45, 2.75) is 64.0 Å². The van der Waals surface area contributed by atoms with Crippen molar-refractivity contribution in [3.8, 4) is 0 Å². The number of amides is 1. The molecular weight excluding hydrogens is 348 g/mol. The lowest BCUT2D eigenvalue weighted by Crippen LogP contribution is -2.51. The quantitative estimate of drug-likeness (QED) is 0.811. The molecule has 3 atom stereocenters.